The van der Waals surface area contributed by atoms with Crippen molar-refractivity contribution >= 4 is 5.95 Å². The lowest BCUT2D eigenvalue weighted by atomic mass is 10.4. The first kappa shape index (κ1) is 11.4. The van der Waals surface area contributed by atoms with E-state index >= 15 is 0 Å². The Balaban J connectivity index is 1.87. The molecule has 0 atom stereocenters. The van der Waals surface area contributed by atoms with Gasteiger partial charge in [-0.1, -0.05) is 6.08 Å². The molecule has 0 aliphatic carbocycles. The van der Waals surface area contributed by atoms with Crippen LogP contribution in [0.25, 0.3) is 0 Å². The second-order valence-corrected chi connectivity index (χ2v) is 3.82. The summed E-state index contributed by atoms with van der Waals surface area (Å²) in [7, 11) is 2.00. The molecule has 5 nitrogen and oxygen atoms in total. The highest BCUT2D eigenvalue weighted by Crippen LogP contribution is 2.04. The molecule has 2 heterocycles. The van der Waals surface area contributed by atoms with E-state index in [4.69, 9.17) is 0 Å². The Labute approximate surface area is 101 Å². The molecule has 0 aromatic carbocycles. The molecular formula is C12H17N5. The predicted molar refractivity (Wildman–Crippen MR) is 67.8 cm³/mol. The average Bonchev–Trinajstić information content (AvgIpc) is 2.90. The summed E-state index contributed by atoms with van der Waals surface area (Å²) < 4.78 is 4.04. The number of rotatable bonds is 6. The van der Waals surface area contributed by atoms with E-state index in [-0.39, 0.29) is 0 Å². The van der Waals surface area contributed by atoms with Gasteiger partial charge in [0.1, 0.15) is 5.82 Å². The summed E-state index contributed by atoms with van der Waals surface area (Å²) in [5, 5.41) is 3.29. The van der Waals surface area contributed by atoms with Gasteiger partial charge in [0.15, 0.2) is 0 Å². The van der Waals surface area contributed by atoms with Gasteiger partial charge in [0.05, 0.1) is 0 Å². The van der Waals surface area contributed by atoms with Crippen LogP contribution in [0.1, 0.15) is 5.82 Å². The molecule has 0 amide bonds. The van der Waals surface area contributed by atoms with Crippen LogP contribution in [0.4, 0.5) is 5.95 Å². The molecule has 2 aromatic rings. The van der Waals surface area contributed by atoms with Gasteiger partial charge in [0, 0.05) is 51.3 Å². The van der Waals surface area contributed by atoms with Gasteiger partial charge in [-0.05, 0) is 0 Å². The highest BCUT2D eigenvalue weighted by molar-refractivity contribution is 5.26. The minimum absolute atomic E-state index is 0.769. The van der Waals surface area contributed by atoms with Crippen molar-refractivity contribution < 1.29 is 0 Å². The van der Waals surface area contributed by atoms with Gasteiger partial charge in [0.2, 0.25) is 5.95 Å². The van der Waals surface area contributed by atoms with Crippen LogP contribution >= 0.6 is 0 Å². The maximum atomic E-state index is 4.27. The molecule has 2 rings (SSSR count). The summed E-state index contributed by atoms with van der Waals surface area (Å²) in [4.78, 5) is 8.53. The van der Waals surface area contributed by atoms with Gasteiger partial charge in [-0.3, -0.25) is 0 Å². The van der Waals surface area contributed by atoms with Crippen LogP contribution in [-0.2, 0) is 20.0 Å². The van der Waals surface area contributed by atoms with Crippen LogP contribution in [0.5, 0.6) is 0 Å². The smallest absolute Gasteiger partial charge is 0.203 e. The molecule has 0 unspecified atom stereocenters. The maximum Gasteiger partial charge on any atom is 0.203 e. The first-order chi connectivity index (χ1) is 8.31. The number of aromatic nitrogens is 4. The van der Waals surface area contributed by atoms with Crippen molar-refractivity contribution in [2.45, 2.75) is 13.0 Å². The van der Waals surface area contributed by atoms with Crippen LogP contribution in [0, 0.1) is 0 Å². The van der Waals surface area contributed by atoms with Gasteiger partial charge in [-0.15, -0.1) is 6.58 Å². The highest BCUT2D eigenvalue weighted by Gasteiger charge is 2.02. The lowest BCUT2D eigenvalue weighted by Crippen LogP contribution is -2.12. The summed E-state index contributed by atoms with van der Waals surface area (Å²) in [6.07, 6.45) is 10.2. The van der Waals surface area contributed by atoms with Crippen molar-refractivity contribution in [3.05, 3.63) is 43.3 Å². The Morgan fingerprint density at radius 3 is 2.88 bits per heavy atom. The zero-order valence-electron chi connectivity index (χ0n) is 10.0. The number of allylic oxidation sites excluding steroid dienone is 1. The van der Waals surface area contributed by atoms with E-state index in [1.807, 2.05) is 40.8 Å². The lowest BCUT2D eigenvalue weighted by molar-refractivity contribution is 0.774. The van der Waals surface area contributed by atoms with E-state index in [9.17, 15) is 0 Å². The topological polar surface area (TPSA) is 47.7 Å². The summed E-state index contributed by atoms with van der Waals surface area (Å²) in [6.45, 7) is 5.31. The van der Waals surface area contributed by atoms with Crippen LogP contribution in [0.2, 0.25) is 0 Å². The van der Waals surface area contributed by atoms with E-state index in [0.29, 0.717) is 0 Å². The van der Waals surface area contributed by atoms with Crippen molar-refractivity contribution in [1.82, 2.24) is 19.1 Å². The summed E-state index contributed by atoms with van der Waals surface area (Å²) in [5.41, 5.74) is 0. The molecule has 5 heteroatoms. The molecular weight excluding hydrogens is 214 g/mol. The maximum absolute atomic E-state index is 4.27. The number of nitrogens with one attached hydrogen (secondary N) is 1. The first-order valence-electron chi connectivity index (χ1n) is 5.63. The molecule has 0 aliphatic rings. The van der Waals surface area contributed by atoms with Crippen molar-refractivity contribution in [2.75, 3.05) is 11.9 Å². The number of anilines is 1. The Kier molecular flexibility index (Phi) is 3.59. The molecule has 1 N–H and O–H groups in total. The third-order valence-corrected chi connectivity index (χ3v) is 2.59. The number of hydrogen-bond donors (Lipinski definition) is 1. The fourth-order valence-corrected chi connectivity index (χ4v) is 1.69. The SMILES string of the molecule is C=CCn1ccnc1NCCc1nccn1C. The van der Waals surface area contributed by atoms with E-state index in [0.717, 1.165) is 31.3 Å². The number of nitrogens with zero attached hydrogens (tertiary/aromatic N) is 4. The predicted octanol–water partition coefficient (Wildman–Crippen LogP) is 1.46. The van der Waals surface area contributed by atoms with Crippen molar-refractivity contribution in [3.63, 3.8) is 0 Å². The Morgan fingerprint density at radius 1 is 1.35 bits per heavy atom. The summed E-state index contributed by atoms with van der Waals surface area (Å²) >= 11 is 0. The van der Waals surface area contributed by atoms with E-state index < -0.39 is 0 Å². The average molecular weight is 231 g/mol. The summed E-state index contributed by atoms with van der Waals surface area (Å²) in [5.74, 6) is 1.94. The molecule has 0 saturated heterocycles. The fourth-order valence-electron chi connectivity index (χ4n) is 1.69. The van der Waals surface area contributed by atoms with Crippen LogP contribution in [0.15, 0.2) is 37.4 Å². The molecule has 0 spiro atoms. The first-order valence-corrected chi connectivity index (χ1v) is 5.63. The zero-order chi connectivity index (χ0) is 12.1. The van der Waals surface area contributed by atoms with Gasteiger partial charge >= 0.3 is 0 Å². The zero-order valence-corrected chi connectivity index (χ0v) is 10.0. The van der Waals surface area contributed by atoms with Crippen LogP contribution in [0.3, 0.4) is 0 Å². The van der Waals surface area contributed by atoms with E-state index in [1.165, 1.54) is 0 Å². The van der Waals surface area contributed by atoms with E-state index in [2.05, 4.69) is 21.9 Å². The second-order valence-electron chi connectivity index (χ2n) is 3.82. The van der Waals surface area contributed by atoms with Gasteiger partial charge in [-0.2, -0.15) is 0 Å². The Hall–Kier alpha value is -2.04. The molecule has 2 aromatic heterocycles. The standard InChI is InChI=1S/C12H17N5/c1-3-8-17-10-7-15-12(17)14-5-4-11-13-6-9-16(11)2/h3,6-7,9-10H,1,4-5,8H2,2H3,(H,14,15). The van der Waals surface area contributed by atoms with Crippen molar-refractivity contribution in [3.8, 4) is 0 Å². The fraction of sp³-hybridized carbons (Fsp3) is 0.333. The van der Waals surface area contributed by atoms with Crippen LogP contribution in [-0.4, -0.2) is 25.6 Å². The Bertz CT molecular complexity index is 483. The molecule has 0 fully saturated rings. The van der Waals surface area contributed by atoms with Gasteiger partial charge < -0.3 is 14.5 Å². The normalized spacial score (nSPS) is 10.4. The molecule has 90 valence electrons. The molecule has 17 heavy (non-hydrogen) atoms. The minimum atomic E-state index is 0.769. The minimum Gasteiger partial charge on any atom is -0.355 e. The third kappa shape index (κ3) is 2.75. The van der Waals surface area contributed by atoms with E-state index in [1.54, 1.807) is 6.20 Å². The molecule has 0 saturated carbocycles. The summed E-state index contributed by atoms with van der Waals surface area (Å²) in [6, 6.07) is 0. The quantitative estimate of drug-likeness (QED) is 0.766. The monoisotopic (exact) mass is 231 g/mol. The molecule has 0 aliphatic heterocycles. The highest BCUT2D eigenvalue weighted by atomic mass is 15.2. The van der Waals surface area contributed by atoms with Crippen molar-refractivity contribution in [2.24, 2.45) is 7.05 Å². The number of imidazole rings is 2. The number of hydrogen-bond acceptors (Lipinski definition) is 3. The largest absolute Gasteiger partial charge is 0.355 e. The van der Waals surface area contributed by atoms with Crippen LogP contribution < -0.4 is 5.32 Å². The second kappa shape index (κ2) is 5.34. The number of aryl methyl sites for hydroxylation is 1. The Morgan fingerprint density at radius 2 is 2.18 bits per heavy atom. The third-order valence-electron chi connectivity index (χ3n) is 2.59. The molecule has 0 bridgehead atoms. The lowest BCUT2D eigenvalue weighted by Gasteiger charge is -2.07. The van der Waals surface area contributed by atoms with Gasteiger partial charge in [0.25, 0.3) is 0 Å². The van der Waals surface area contributed by atoms with Crippen molar-refractivity contribution in [1.29, 1.82) is 0 Å². The van der Waals surface area contributed by atoms with Gasteiger partial charge in [-0.25, -0.2) is 9.97 Å². The molecule has 0 radical (unpaired) electrons.